The molecule has 6 nitrogen and oxygen atoms in total. The molecule has 2 aromatic carbocycles. The monoisotopic (exact) mass is 406 g/mol. The Labute approximate surface area is 153 Å². The molecule has 0 aliphatic rings. The minimum absolute atomic E-state index is 0.00243. The predicted molar refractivity (Wildman–Crippen MR) is 90.6 cm³/mol. The summed E-state index contributed by atoms with van der Waals surface area (Å²) in [7, 11) is -6.03. The number of hydrogen-bond acceptors (Lipinski definition) is 6. The van der Waals surface area contributed by atoms with Gasteiger partial charge in [0.05, 0.1) is 6.61 Å². The molecule has 148 valence electrons. The highest BCUT2D eigenvalue weighted by Gasteiger charge is 2.49. The lowest BCUT2D eigenvalue weighted by atomic mass is 9.95. The van der Waals surface area contributed by atoms with Gasteiger partial charge in [-0.3, -0.25) is 0 Å². The molecule has 2 rings (SSSR count). The van der Waals surface area contributed by atoms with Crippen LogP contribution in [0.15, 0.2) is 24.3 Å². The first kappa shape index (κ1) is 21.0. The van der Waals surface area contributed by atoms with Gasteiger partial charge >= 0.3 is 21.6 Å². The normalized spacial score (nSPS) is 13.4. The smallest absolute Gasteiger partial charge is 0.464 e. The zero-order chi connectivity index (χ0) is 20.6. The van der Waals surface area contributed by atoms with Gasteiger partial charge in [0.15, 0.2) is 11.9 Å². The number of fused-ring (bicyclic) bond motifs is 1. The first-order valence-electron chi connectivity index (χ1n) is 7.78. The Morgan fingerprint density at radius 1 is 1.22 bits per heavy atom. The molecule has 0 spiro atoms. The number of benzene rings is 2. The van der Waals surface area contributed by atoms with Gasteiger partial charge in [-0.05, 0) is 31.7 Å². The molecule has 0 bridgehead atoms. The third-order valence-corrected chi connectivity index (χ3v) is 4.71. The van der Waals surface area contributed by atoms with Gasteiger partial charge in [0.1, 0.15) is 0 Å². The number of aryl methyl sites for hydroxylation is 2. The van der Waals surface area contributed by atoms with E-state index in [1.54, 1.807) is 13.0 Å². The zero-order valence-corrected chi connectivity index (χ0v) is 15.4. The molecule has 1 unspecified atom stereocenters. The van der Waals surface area contributed by atoms with Gasteiger partial charge in [-0.25, -0.2) is 4.79 Å². The maximum absolute atomic E-state index is 12.8. The number of aliphatic hydroxyl groups excluding tert-OH is 1. The second-order valence-electron chi connectivity index (χ2n) is 5.80. The van der Waals surface area contributed by atoms with Crippen LogP contribution in [0.2, 0.25) is 0 Å². The fourth-order valence-corrected chi connectivity index (χ4v) is 3.06. The largest absolute Gasteiger partial charge is 0.534 e. The molecule has 0 aliphatic heterocycles. The molecule has 0 heterocycles. The molecule has 27 heavy (non-hydrogen) atoms. The number of carbonyl (C=O) groups excluding carboxylic acids is 1. The highest BCUT2D eigenvalue weighted by molar-refractivity contribution is 7.88. The maximum atomic E-state index is 12.8. The summed E-state index contributed by atoms with van der Waals surface area (Å²) in [5, 5.41) is 10.7. The summed E-state index contributed by atoms with van der Waals surface area (Å²) in [6.07, 6.45) is -2.02. The van der Waals surface area contributed by atoms with Gasteiger partial charge in [0, 0.05) is 10.9 Å². The number of halogens is 3. The zero-order valence-electron chi connectivity index (χ0n) is 14.6. The molecule has 1 N–H and O–H groups in total. The van der Waals surface area contributed by atoms with Crippen LogP contribution in [0, 0.1) is 13.8 Å². The van der Waals surface area contributed by atoms with Crippen LogP contribution in [0.5, 0.6) is 5.75 Å². The van der Waals surface area contributed by atoms with Crippen molar-refractivity contribution in [3.63, 3.8) is 0 Å². The lowest BCUT2D eigenvalue weighted by Gasteiger charge is -2.20. The van der Waals surface area contributed by atoms with E-state index in [2.05, 4.69) is 8.92 Å². The summed E-state index contributed by atoms with van der Waals surface area (Å²) < 4.78 is 70.7. The third kappa shape index (κ3) is 4.16. The molecule has 0 saturated carbocycles. The molecule has 0 fully saturated rings. The van der Waals surface area contributed by atoms with Crippen molar-refractivity contribution in [3.8, 4) is 5.75 Å². The molecular formula is C17H17F3O6S. The van der Waals surface area contributed by atoms with E-state index in [-0.39, 0.29) is 17.6 Å². The van der Waals surface area contributed by atoms with Crippen LogP contribution in [0.25, 0.3) is 10.8 Å². The van der Waals surface area contributed by atoms with Gasteiger partial charge in [0.2, 0.25) is 0 Å². The van der Waals surface area contributed by atoms with Crippen LogP contribution in [0.4, 0.5) is 13.2 Å². The molecule has 1 atom stereocenters. The third-order valence-electron chi connectivity index (χ3n) is 3.75. The second kappa shape index (κ2) is 7.35. The lowest BCUT2D eigenvalue weighted by Crippen LogP contribution is -2.29. The Morgan fingerprint density at radius 2 is 1.85 bits per heavy atom. The van der Waals surface area contributed by atoms with E-state index in [1.165, 1.54) is 32.0 Å². The van der Waals surface area contributed by atoms with Crippen LogP contribution in [-0.4, -0.2) is 31.6 Å². The van der Waals surface area contributed by atoms with Crippen molar-refractivity contribution >= 4 is 26.9 Å². The first-order chi connectivity index (χ1) is 12.4. The Bertz CT molecular complexity index is 982. The topological polar surface area (TPSA) is 89.9 Å². The Kier molecular flexibility index (Phi) is 5.71. The minimum Gasteiger partial charge on any atom is -0.464 e. The lowest BCUT2D eigenvalue weighted by molar-refractivity contribution is -0.153. The molecule has 0 aromatic heterocycles. The Balaban J connectivity index is 2.79. The minimum atomic E-state index is -6.03. The fourth-order valence-electron chi connectivity index (χ4n) is 2.57. The number of ether oxygens (including phenoxy) is 1. The molecule has 0 amide bonds. The van der Waals surface area contributed by atoms with Crippen molar-refractivity contribution in [2.75, 3.05) is 6.61 Å². The van der Waals surface area contributed by atoms with Crippen LogP contribution < -0.4 is 4.18 Å². The highest BCUT2D eigenvalue weighted by atomic mass is 32.2. The van der Waals surface area contributed by atoms with Gasteiger partial charge < -0.3 is 14.0 Å². The number of aliphatic hydroxyl groups is 1. The summed E-state index contributed by atoms with van der Waals surface area (Å²) in [4.78, 5) is 11.9. The standard InChI is InChI=1S/C17H17F3O6S/c1-4-25-16(22)14(21)13-10(3)8-11-7-9(2)5-6-12(11)15(13)26-27(23,24)17(18,19)20/h5-8,14,21H,4H2,1-3H3. The molecule has 0 aliphatic carbocycles. The number of rotatable bonds is 5. The van der Waals surface area contributed by atoms with E-state index in [0.717, 1.165) is 5.56 Å². The molecule has 2 aromatic rings. The van der Waals surface area contributed by atoms with Crippen LogP contribution in [0.3, 0.4) is 0 Å². The average molecular weight is 406 g/mol. The molecular weight excluding hydrogens is 389 g/mol. The summed E-state index contributed by atoms with van der Waals surface area (Å²) >= 11 is 0. The maximum Gasteiger partial charge on any atom is 0.534 e. The quantitative estimate of drug-likeness (QED) is 0.466. The summed E-state index contributed by atoms with van der Waals surface area (Å²) in [5.41, 5.74) is -5.15. The predicted octanol–water partition coefficient (Wildman–Crippen LogP) is 3.28. The Morgan fingerprint density at radius 3 is 2.41 bits per heavy atom. The van der Waals surface area contributed by atoms with Gasteiger partial charge in [-0.2, -0.15) is 21.6 Å². The second-order valence-corrected chi connectivity index (χ2v) is 7.34. The summed E-state index contributed by atoms with van der Waals surface area (Å²) in [6, 6.07) is 6.00. The SMILES string of the molecule is CCOC(=O)C(O)c1c(C)cc2cc(C)ccc2c1OS(=O)(=O)C(F)(F)F. The van der Waals surface area contributed by atoms with Crippen molar-refractivity contribution in [1.82, 2.24) is 0 Å². The molecule has 10 heteroatoms. The van der Waals surface area contributed by atoms with E-state index in [1.807, 2.05) is 0 Å². The van der Waals surface area contributed by atoms with E-state index >= 15 is 0 Å². The van der Waals surface area contributed by atoms with Crippen molar-refractivity contribution in [2.24, 2.45) is 0 Å². The summed E-state index contributed by atoms with van der Waals surface area (Å²) in [5.74, 6) is -1.90. The average Bonchev–Trinajstić information content (AvgIpc) is 2.52. The van der Waals surface area contributed by atoms with E-state index < -0.39 is 39.0 Å². The summed E-state index contributed by atoms with van der Waals surface area (Å²) in [6.45, 7) is 4.54. The van der Waals surface area contributed by atoms with Gasteiger partial charge in [0.25, 0.3) is 0 Å². The van der Waals surface area contributed by atoms with Crippen LogP contribution in [0.1, 0.15) is 29.7 Å². The number of carbonyl (C=O) groups is 1. The number of alkyl halides is 3. The fraction of sp³-hybridized carbons (Fsp3) is 0.353. The molecule has 0 saturated heterocycles. The molecule has 0 radical (unpaired) electrons. The van der Waals surface area contributed by atoms with E-state index in [0.29, 0.717) is 5.39 Å². The van der Waals surface area contributed by atoms with Gasteiger partial charge in [-0.1, -0.05) is 29.8 Å². The number of esters is 1. The van der Waals surface area contributed by atoms with E-state index in [9.17, 15) is 31.5 Å². The van der Waals surface area contributed by atoms with Crippen molar-refractivity contribution in [2.45, 2.75) is 32.4 Å². The highest BCUT2D eigenvalue weighted by Crippen LogP contribution is 2.40. The van der Waals surface area contributed by atoms with E-state index in [4.69, 9.17) is 0 Å². The van der Waals surface area contributed by atoms with Crippen molar-refractivity contribution in [1.29, 1.82) is 0 Å². The van der Waals surface area contributed by atoms with Crippen molar-refractivity contribution in [3.05, 3.63) is 41.0 Å². The van der Waals surface area contributed by atoms with Crippen LogP contribution >= 0.6 is 0 Å². The van der Waals surface area contributed by atoms with Crippen molar-refractivity contribution < 1.29 is 40.4 Å². The first-order valence-corrected chi connectivity index (χ1v) is 9.19. The van der Waals surface area contributed by atoms with Gasteiger partial charge in [-0.15, -0.1) is 0 Å². The number of hydrogen-bond donors (Lipinski definition) is 1. The Hall–Kier alpha value is -2.33. The van der Waals surface area contributed by atoms with Crippen LogP contribution in [-0.2, 0) is 19.6 Å².